The zero-order valence-corrected chi connectivity index (χ0v) is 23.6. The molecule has 5 aliphatic rings. The maximum atomic E-state index is 13.6. The van der Waals surface area contributed by atoms with Crippen molar-refractivity contribution in [1.82, 2.24) is 16.0 Å². The van der Waals surface area contributed by atoms with Gasteiger partial charge in [-0.15, -0.1) is 11.8 Å². The number of hydrogen-bond acceptors (Lipinski definition) is 6. The second-order valence-corrected chi connectivity index (χ2v) is 13.9. The lowest BCUT2D eigenvalue weighted by Crippen LogP contribution is -2.70. The maximum absolute atomic E-state index is 13.6. The van der Waals surface area contributed by atoms with Crippen LogP contribution in [0.3, 0.4) is 0 Å². The molecule has 5 fully saturated rings. The summed E-state index contributed by atoms with van der Waals surface area (Å²) in [6.45, 7) is 2.64. The van der Waals surface area contributed by atoms with Gasteiger partial charge in [0.2, 0.25) is 5.91 Å². The maximum Gasteiger partial charge on any atom is 0.258 e. The molecule has 4 saturated carbocycles. The van der Waals surface area contributed by atoms with Crippen LogP contribution >= 0.6 is 23.4 Å². The highest BCUT2D eigenvalue weighted by molar-refractivity contribution is 8.02. The molecule has 0 aromatic heterocycles. The number of thioether (sulfide) groups is 1. The lowest BCUT2D eigenvalue weighted by molar-refractivity contribution is -0.136. The molecule has 1 saturated heterocycles. The summed E-state index contributed by atoms with van der Waals surface area (Å²) in [5.74, 6) is -0.136. The van der Waals surface area contributed by atoms with E-state index in [-0.39, 0.29) is 39.3 Å². The molecule has 3 atom stereocenters. The first-order valence-electron chi connectivity index (χ1n) is 13.9. The number of aliphatic hydroxyl groups excluding tert-OH is 1. The van der Waals surface area contributed by atoms with Crippen LogP contribution in [0.2, 0.25) is 5.02 Å². The van der Waals surface area contributed by atoms with Crippen LogP contribution in [0.5, 0.6) is 5.75 Å². The zero-order valence-electron chi connectivity index (χ0n) is 22.0. The molecule has 4 aliphatic carbocycles. The fourth-order valence-electron chi connectivity index (χ4n) is 6.92. The van der Waals surface area contributed by atoms with E-state index in [9.17, 15) is 19.1 Å². The fraction of sp³-hybridized carbons (Fsp3) is 0.714. The Bertz CT molecular complexity index is 1040. The van der Waals surface area contributed by atoms with Crippen LogP contribution in [0, 0.1) is 11.7 Å². The first-order valence-corrected chi connectivity index (χ1v) is 15.2. The average Bonchev–Trinajstić information content (AvgIpc) is 3.10. The number of carbonyl (C=O) groups excluding carboxylic acids is 2. The largest absolute Gasteiger partial charge is 0.484 e. The van der Waals surface area contributed by atoms with Gasteiger partial charge in [-0.3, -0.25) is 9.59 Å². The van der Waals surface area contributed by atoms with Crippen molar-refractivity contribution in [2.24, 2.45) is 5.92 Å². The van der Waals surface area contributed by atoms with Gasteiger partial charge in [0.05, 0.1) is 26.8 Å². The lowest BCUT2D eigenvalue weighted by Gasteiger charge is -2.56. The Labute approximate surface area is 233 Å². The van der Waals surface area contributed by atoms with Crippen LogP contribution in [0.15, 0.2) is 18.2 Å². The molecule has 3 unspecified atom stereocenters. The third-order valence-corrected chi connectivity index (χ3v) is 11.3. The first-order chi connectivity index (χ1) is 18.1. The minimum Gasteiger partial charge on any atom is -0.484 e. The third-order valence-electron chi connectivity index (χ3n) is 9.31. The second-order valence-electron chi connectivity index (χ2n) is 11.8. The lowest BCUT2D eigenvalue weighted by atomic mass is 9.60. The second kappa shape index (κ2) is 11.1. The van der Waals surface area contributed by atoms with Gasteiger partial charge >= 0.3 is 0 Å². The Morgan fingerprint density at radius 3 is 2.53 bits per heavy atom. The van der Waals surface area contributed by atoms with Crippen LogP contribution in [0.4, 0.5) is 4.39 Å². The van der Waals surface area contributed by atoms with E-state index in [1.165, 1.54) is 50.7 Å². The smallest absolute Gasteiger partial charge is 0.258 e. The van der Waals surface area contributed by atoms with Crippen molar-refractivity contribution in [2.75, 3.05) is 13.2 Å². The van der Waals surface area contributed by atoms with Gasteiger partial charge in [-0.25, -0.2) is 4.39 Å². The Morgan fingerprint density at radius 1 is 1.16 bits per heavy atom. The average molecular weight is 568 g/mol. The SMILES string of the molecule is CC1(C2CCCCCC2)NCC(C(=O)NC23CCC(NC(=O)COc4ccc(Cl)c(F)c4)(CC2)C(O)C3)S1. The number of ether oxygens (including phenoxy) is 1. The number of rotatable bonds is 7. The Hall–Kier alpha value is -1.55. The summed E-state index contributed by atoms with van der Waals surface area (Å²) in [5, 5.41) is 20.9. The van der Waals surface area contributed by atoms with Crippen LogP contribution < -0.4 is 20.7 Å². The highest BCUT2D eigenvalue weighted by atomic mass is 35.5. The highest BCUT2D eigenvalue weighted by Gasteiger charge is 2.56. The van der Waals surface area contributed by atoms with Gasteiger partial charge in [0.25, 0.3) is 5.91 Å². The minimum atomic E-state index is -0.771. The molecular weight excluding hydrogens is 529 g/mol. The number of aliphatic hydroxyl groups is 1. The van der Waals surface area contributed by atoms with E-state index in [4.69, 9.17) is 16.3 Å². The molecular formula is C28H39ClFN3O4S. The van der Waals surface area contributed by atoms with Crippen LogP contribution in [-0.4, -0.2) is 57.4 Å². The predicted molar refractivity (Wildman–Crippen MR) is 147 cm³/mol. The summed E-state index contributed by atoms with van der Waals surface area (Å²) >= 11 is 7.46. The Balaban J connectivity index is 1.13. The highest BCUT2D eigenvalue weighted by Crippen LogP contribution is 2.48. The van der Waals surface area contributed by atoms with Crippen LogP contribution in [0.25, 0.3) is 0 Å². The molecule has 0 spiro atoms. The van der Waals surface area contributed by atoms with Gasteiger partial charge in [0.1, 0.15) is 11.6 Å². The van der Waals surface area contributed by atoms with E-state index in [0.29, 0.717) is 44.6 Å². The molecule has 38 heavy (non-hydrogen) atoms. The van der Waals surface area contributed by atoms with E-state index in [0.717, 1.165) is 6.07 Å². The molecule has 1 aliphatic heterocycles. The summed E-state index contributed by atoms with van der Waals surface area (Å²) in [7, 11) is 0. The molecule has 1 aromatic rings. The number of nitrogens with one attached hydrogen (secondary N) is 3. The van der Waals surface area contributed by atoms with Crippen molar-refractivity contribution in [3.05, 3.63) is 29.0 Å². The molecule has 10 heteroatoms. The molecule has 6 rings (SSSR count). The van der Waals surface area contributed by atoms with Crippen molar-refractivity contribution in [3.8, 4) is 5.75 Å². The molecule has 4 N–H and O–H groups in total. The summed E-state index contributed by atoms with van der Waals surface area (Å²) in [6, 6.07) is 4.01. The van der Waals surface area contributed by atoms with Gasteiger partial charge in [-0.1, -0.05) is 37.3 Å². The minimum absolute atomic E-state index is 0.0137. The van der Waals surface area contributed by atoms with Gasteiger partial charge in [0, 0.05) is 18.2 Å². The molecule has 2 bridgehead atoms. The molecule has 0 radical (unpaired) electrons. The molecule has 1 heterocycles. The summed E-state index contributed by atoms with van der Waals surface area (Å²) < 4.78 is 19.1. The molecule has 7 nitrogen and oxygen atoms in total. The normalized spacial score (nSPS) is 35.5. The van der Waals surface area contributed by atoms with E-state index >= 15 is 0 Å². The predicted octanol–water partition coefficient (Wildman–Crippen LogP) is 4.30. The van der Waals surface area contributed by atoms with Gasteiger partial charge in [-0.2, -0.15) is 0 Å². The number of halogens is 2. The van der Waals surface area contributed by atoms with Crippen LogP contribution in [0.1, 0.15) is 77.6 Å². The molecule has 2 amide bonds. The van der Waals surface area contributed by atoms with Crippen LogP contribution in [-0.2, 0) is 9.59 Å². The number of carbonyl (C=O) groups is 2. The van der Waals surface area contributed by atoms with Crippen molar-refractivity contribution in [1.29, 1.82) is 0 Å². The fourth-order valence-corrected chi connectivity index (χ4v) is 8.56. The number of benzene rings is 1. The monoisotopic (exact) mass is 567 g/mol. The quantitative estimate of drug-likeness (QED) is 0.367. The van der Waals surface area contributed by atoms with E-state index < -0.39 is 23.0 Å². The first kappa shape index (κ1) is 28.0. The van der Waals surface area contributed by atoms with E-state index in [1.54, 1.807) is 11.8 Å². The topological polar surface area (TPSA) is 99.7 Å². The summed E-state index contributed by atoms with van der Waals surface area (Å²) in [5.41, 5.74) is -1.18. The number of hydrogen-bond donors (Lipinski definition) is 4. The summed E-state index contributed by atoms with van der Waals surface area (Å²) in [6.07, 6.45) is 9.78. The van der Waals surface area contributed by atoms with Crippen molar-refractivity contribution in [3.63, 3.8) is 0 Å². The zero-order chi connectivity index (χ0) is 27.0. The number of amides is 2. The van der Waals surface area contributed by atoms with E-state index in [1.807, 2.05) is 0 Å². The van der Waals surface area contributed by atoms with Gasteiger partial charge in [-0.05, 0) is 69.9 Å². The number of fused-ring (bicyclic) bond motifs is 3. The standard InChI is InChI=1S/C28H39ClFN3O4S/c1-26(18-6-4-2-3-5-7-18)31-16-22(38-26)25(36)33-27-10-12-28(13-11-27,23(34)15-27)32-24(35)17-37-19-8-9-20(29)21(30)14-19/h8-9,14,18,22-23,31,34H,2-7,10-13,15-17H2,1H3,(H,32,35)(H,33,36). The van der Waals surface area contributed by atoms with E-state index in [2.05, 4.69) is 22.9 Å². The summed E-state index contributed by atoms with van der Waals surface area (Å²) in [4.78, 5) is 26.0. The Kier molecular flexibility index (Phi) is 8.21. The van der Waals surface area contributed by atoms with Crippen molar-refractivity contribution < 1.29 is 23.8 Å². The Morgan fingerprint density at radius 2 is 1.87 bits per heavy atom. The molecule has 210 valence electrons. The van der Waals surface area contributed by atoms with Gasteiger partial charge in [0.15, 0.2) is 6.61 Å². The van der Waals surface area contributed by atoms with Gasteiger partial charge < -0.3 is 25.8 Å². The molecule has 1 aromatic carbocycles. The van der Waals surface area contributed by atoms with Crippen molar-refractivity contribution in [2.45, 2.75) is 105 Å². The third kappa shape index (κ3) is 5.81. The van der Waals surface area contributed by atoms with Crippen molar-refractivity contribution >= 4 is 35.2 Å².